The van der Waals surface area contributed by atoms with Crippen molar-refractivity contribution in [1.82, 2.24) is 29.6 Å². The first-order valence-corrected chi connectivity index (χ1v) is 19.2. The lowest BCUT2D eigenvalue weighted by atomic mass is 9.77. The summed E-state index contributed by atoms with van der Waals surface area (Å²) in [5.41, 5.74) is 1.45. The van der Waals surface area contributed by atoms with E-state index in [1.807, 2.05) is 4.68 Å². The van der Waals surface area contributed by atoms with Crippen molar-refractivity contribution >= 4 is 21.8 Å². The highest BCUT2D eigenvalue weighted by molar-refractivity contribution is 7.88. The Morgan fingerprint density at radius 2 is 1.79 bits per heavy atom. The molecule has 1 spiro atoms. The van der Waals surface area contributed by atoms with Gasteiger partial charge < -0.3 is 15.5 Å². The number of hydrogen-bond acceptors (Lipinski definition) is 6. The number of aromatic nitrogens is 2. The second-order valence-electron chi connectivity index (χ2n) is 14.1. The first-order chi connectivity index (χ1) is 22.8. The van der Waals surface area contributed by atoms with Crippen molar-refractivity contribution in [2.45, 2.75) is 96.4 Å². The molecule has 0 atom stereocenters. The zero-order valence-electron chi connectivity index (χ0n) is 27.7. The van der Waals surface area contributed by atoms with Gasteiger partial charge in [-0.2, -0.15) is 22.6 Å². The van der Waals surface area contributed by atoms with Crippen molar-refractivity contribution in [3.63, 3.8) is 0 Å². The van der Waals surface area contributed by atoms with Gasteiger partial charge in [-0.15, -0.1) is 0 Å². The van der Waals surface area contributed by atoms with Crippen LogP contribution in [0.15, 0.2) is 18.2 Å². The number of hydrogen-bond donors (Lipinski definition) is 2. The minimum absolute atomic E-state index is 0.0418. The van der Waals surface area contributed by atoms with Gasteiger partial charge in [-0.25, -0.2) is 8.42 Å². The van der Waals surface area contributed by atoms with Gasteiger partial charge in [-0.05, 0) is 75.9 Å². The fourth-order valence-electron chi connectivity index (χ4n) is 8.04. The van der Waals surface area contributed by atoms with Crippen molar-refractivity contribution in [2.75, 3.05) is 39.0 Å². The molecule has 0 radical (unpaired) electrons. The summed E-state index contributed by atoms with van der Waals surface area (Å²) in [6.45, 7) is 3.99. The molecule has 3 fully saturated rings. The maximum absolute atomic E-state index is 14.1. The van der Waals surface area contributed by atoms with E-state index in [4.69, 9.17) is 5.10 Å². The largest absolute Gasteiger partial charge is 0.416 e. The molecule has 4 aliphatic rings. The van der Waals surface area contributed by atoms with Crippen molar-refractivity contribution in [2.24, 2.45) is 11.3 Å². The molecule has 6 rings (SSSR count). The molecule has 1 aromatic heterocycles. The summed E-state index contributed by atoms with van der Waals surface area (Å²) in [7, 11) is -3.50. The van der Waals surface area contributed by atoms with Crippen LogP contribution < -0.4 is 10.6 Å². The smallest absolute Gasteiger partial charge is 0.356 e. The van der Waals surface area contributed by atoms with Gasteiger partial charge in [0.05, 0.1) is 22.9 Å². The molecule has 1 saturated carbocycles. The molecule has 48 heavy (non-hydrogen) atoms. The number of alkyl halides is 3. The van der Waals surface area contributed by atoms with Crippen LogP contribution in [0, 0.1) is 11.3 Å². The molecule has 2 saturated heterocycles. The van der Waals surface area contributed by atoms with Gasteiger partial charge in [0.1, 0.15) is 0 Å². The Hall–Kier alpha value is -2.97. The molecule has 4 heterocycles. The SMILES string of the molecule is CS(=O)(=O)N1CCc2c(c(-c3ccc(C(F)(F)F)c(CNC(=O)C4CCCCCC4)c3)nn2CCCN2CCC3(CCNC3=O)CC2)C1. The van der Waals surface area contributed by atoms with Crippen molar-refractivity contribution in [1.29, 1.82) is 0 Å². The van der Waals surface area contributed by atoms with Crippen LogP contribution in [-0.4, -0.2) is 78.2 Å². The Morgan fingerprint density at radius 1 is 1.06 bits per heavy atom. The molecule has 1 aromatic carbocycles. The van der Waals surface area contributed by atoms with E-state index in [-0.39, 0.29) is 41.8 Å². The van der Waals surface area contributed by atoms with Crippen molar-refractivity contribution < 1.29 is 31.2 Å². The number of piperidine rings is 1. The van der Waals surface area contributed by atoms with E-state index in [9.17, 15) is 31.2 Å². The first-order valence-electron chi connectivity index (χ1n) is 17.4. The summed E-state index contributed by atoms with van der Waals surface area (Å²) in [5, 5.41) is 10.7. The Morgan fingerprint density at radius 3 is 2.44 bits per heavy atom. The van der Waals surface area contributed by atoms with E-state index in [0.29, 0.717) is 36.3 Å². The molecule has 2 N–H and O–H groups in total. The van der Waals surface area contributed by atoms with Crippen LogP contribution in [0.2, 0.25) is 0 Å². The van der Waals surface area contributed by atoms with Gasteiger partial charge in [0.25, 0.3) is 0 Å². The van der Waals surface area contributed by atoms with Gasteiger partial charge in [0.2, 0.25) is 21.8 Å². The zero-order chi connectivity index (χ0) is 34.1. The van der Waals surface area contributed by atoms with Crippen LogP contribution in [0.1, 0.15) is 86.6 Å². The molecular weight excluding hydrogens is 645 g/mol. The highest BCUT2D eigenvalue weighted by atomic mass is 32.2. The Bertz CT molecular complexity index is 1610. The second-order valence-corrected chi connectivity index (χ2v) is 16.1. The quantitative estimate of drug-likeness (QED) is 0.375. The van der Waals surface area contributed by atoms with Crippen LogP contribution in [0.25, 0.3) is 11.3 Å². The number of nitrogens with one attached hydrogen (secondary N) is 2. The van der Waals surface area contributed by atoms with E-state index < -0.39 is 21.8 Å². The number of likely N-dealkylation sites (tertiary alicyclic amines) is 1. The third kappa shape index (κ3) is 7.60. The monoisotopic (exact) mass is 692 g/mol. The van der Waals surface area contributed by atoms with Crippen LogP contribution in [0.3, 0.4) is 0 Å². The summed E-state index contributed by atoms with van der Waals surface area (Å²) in [6.07, 6.45) is 5.87. The Labute approximate surface area is 280 Å². The number of aryl methyl sites for hydroxylation is 1. The highest BCUT2D eigenvalue weighted by Crippen LogP contribution is 2.39. The molecule has 14 heteroatoms. The van der Waals surface area contributed by atoms with Crippen LogP contribution in [0.5, 0.6) is 0 Å². The number of sulfonamides is 1. The fourth-order valence-corrected chi connectivity index (χ4v) is 8.83. The van der Waals surface area contributed by atoms with Gasteiger partial charge in [0.15, 0.2) is 0 Å². The second kappa shape index (κ2) is 14.1. The number of amides is 2. The average Bonchev–Trinajstić information content (AvgIpc) is 3.45. The third-order valence-corrected chi connectivity index (χ3v) is 12.2. The maximum atomic E-state index is 14.1. The number of carbonyl (C=O) groups is 2. The molecule has 0 unspecified atom stereocenters. The number of halogens is 3. The van der Waals surface area contributed by atoms with Crippen molar-refractivity contribution in [3.8, 4) is 11.3 Å². The first kappa shape index (κ1) is 34.9. The maximum Gasteiger partial charge on any atom is 0.416 e. The summed E-state index contributed by atoms with van der Waals surface area (Å²) < 4.78 is 70.8. The third-order valence-electron chi connectivity index (χ3n) is 11.0. The van der Waals surface area contributed by atoms with Gasteiger partial charge in [0, 0.05) is 61.9 Å². The predicted molar refractivity (Wildman–Crippen MR) is 175 cm³/mol. The van der Waals surface area contributed by atoms with Crippen LogP contribution >= 0.6 is 0 Å². The van der Waals surface area contributed by atoms with Crippen LogP contribution in [0.4, 0.5) is 13.2 Å². The lowest BCUT2D eigenvalue weighted by Crippen LogP contribution is -2.44. The Kier molecular flexibility index (Phi) is 10.2. The topological polar surface area (TPSA) is 117 Å². The normalized spacial score (nSPS) is 21.2. The lowest BCUT2D eigenvalue weighted by molar-refractivity contribution is -0.138. The van der Waals surface area contributed by atoms with Crippen LogP contribution in [-0.2, 0) is 51.8 Å². The summed E-state index contributed by atoms with van der Waals surface area (Å²) in [4.78, 5) is 27.7. The van der Waals surface area contributed by atoms with E-state index in [2.05, 4.69) is 15.5 Å². The van der Waals surface area contributed by atoms with Gasteiger partial charge in [-0.3, -0.25) is 14.3 Å². The Balaban J connectivity index is 1.22. The van der Waals surface area contributed by atoms with E-state index in [0.717, 1.165) is 108 Å². The number of benzene rings is 1. The molecule has 2 aromatic rings. The highest BCUT2D eigenvalue weighted by Gasteiger charge is 2.44. The molecular formula is C34H47F3N6O4S. The fraction of sp³-hybridized carbons (Fsp3) is 0.676. The lowest BCUT2D eigenvalue weighted by Gasteiger charge is -2.37. The van der Waals surface area contributed by atoms with Gasteiger partial charge in [-0.1, -0.05) is 31.7 Å². The molecule has 264 valence electrons. The molecule has 2 amide bonds. The zero-order valence-corrected chi connectivity index (χ0v) is 28.5. The summed E-state index contributed by atoms with van der Waals surface area (Å²) in [5.74, 6) is -0.228. The standard InChI is InChI=1S/C34H47F3N6O4S/c1-48(46,47)42-18-11-29-27(23-42)30(40-43(29)17-6-16-41-19-13-33(14-20-41)12-15-38-32(33)45)25-9-10-28(34(35,36)37)26(21-25)22-39-31(44)24-7-4-2-3-5-8-24/h9-10,21,24H,2-8,11-20,22-23H2,1H3,(H,38,45)(H,39,44). The van der Waals surface area contributed by atoms with E-state index in [1.54, 1.807) is 0 Å². The average molecular weight is 693 g/mol. The van der Waals surface area contributed by atoms with E-state index in [1.165, 1.54) is 16.4 Å². The summed E-state index contributed by atoms with van der Waals surface area (Å²) >= 11 is 0. The summed E-state index contributed by atoms with van der Waals surface area (Å²) in [6, 6.07) is 3.89. The minimum atomic E-state index is -4.61. The molecule has 3 aliphatic heterocycles. The van der Waals surface area contributed by atoms with Gasteiger partial charge >= 0.3 is 6.18 Å². The molecule has 10 nitrogen and oxygen atoms in total. The molecule has 1 aliphatic carbocycles. The predicted octanol–water partition coefficient (Wildman–Crippen LogP) is 4.47. The minimum Gasteiger partial charge on any atom is -0.356 e. The number of nitrogens with zero attached hydrogens (tertiary/aromatic N) is 4. The van der Waals surface area contributed by atoms with E-state index >= 15 is 0 Å². The number of rotatable bonds is 9. The number of fused-ring (bicyclic) bond motifs is 1. The molecule has 0 bridgehead atoms. The van der Waals surface area contributed by atoms with Crippen molar-refractivity contribution in [3.05, 3.63) is 40.6 Å². The number of carbonyl (C=O) groups excluding carboxylic acids is 2.